The minimum absolute atomic E-state index is 0.0883. The molecule has 1 aromatic carbocycles. The van der Waals surface area contributed by atoms with Crippen LogP contribution in [0.5, 0.6) is 11.5 Å². The zero-order chi connectivity index (χ0) is 25.9. The van der Waals surface area contributed by atoms with Gasteiger partial charge in [-0.15, -0.1) is 0 Å². The molecule has 3 aromatic heterocycles. The third-order valence-electron chi connectivity index (χ3n) is 5.25. The number of rotatable bonds is 3. The summed E-state index contributed by atoms with van der Waals surface area (Å²) in [6, 6.07) is 2.19. The third kappa shape index (κ3) is 4.29. The smallest absolute Gasteiger partial charge is 0.420 e. The average Bonchev–Trinajstić information content (AvgIpc) is 3.23. The van der Waals surface area contributed by atoms with Crippen molar-refractivity contribution in [1.82, 2.24) is 14.1 Å². The van der Waals surface area contributed by atoms with E-state index in [-0.39, 0.29) is 34.2 Å². The predicted molar refractivity (Wildman–Crippen MR) is 111 cm³/mol. The van der Waals surface area contributed by atoms with Crippen molar-refractivity contribution in [1.29, 1.82) is 0 Å². The van der Waals surface area contributed by atoms with Crippen molar-refractivity contribution in [3.05, 3.63) is 80.5 Å². The minimum Gasteiger partial charge on any atom is -0.454 e. The molecule has 0 aliphatic rings. The van der Waals surface area contributed by atoms with Crippen molar-refractivity contribution in [3.8, 4) is 22.6 Å². The van der Waals surface area contributed by atoms with Crippen LogP contribution in [0.25, 0.3) is 22.0 Å². The molecule has 0 radical (unpaired) electrons. The lowest BCUT2D eigenvalue weighted by molar-refractivity contribution is -0.145. The summed E-state index contributed by atoms with van der Waals surface area (Å²) >= 11 is 0. The zero-order valence-corrected chi connectivity index (χ0v) is 17.8. The van der Waals surface area contributed by atoms with Gasteiger partial charge in [-0.05, 0) is 18.2 Å². The molecule has 0 amide bonds. The van der Waals surface area contributed by atoms with Crippen LogP contribution >= 0.6 is 0 Å². The lowest BCUT2D eigenvalue weighted by Crippen LogP contribution is -2.19. The Morgan fingerprint density at radius 2 is 1.46 bits per heavy atom. The van der Waals surface area contributed by atoms with Crippen molar-refractivity contribution in [2.75, 3.05) is 0 Å². The molecule has 184 valence electrons. The number of nitrogens with zero attached hydrogens (tertiary/aromatic N) is 2. The summed E-state index contributed by atoms with van der Waals surface area (Å²) in [6.45, 7) is 0. The largest absolute Gasteiger partial charge is 0.454 e. The maximum atomic E-state index is 13.8. The summed E-state index contributed by atoms with van der Waals surface area (Å²) in [5.74, 6) is -4.00. The van der Waals surface area contributed by atoms with Crippen LogP contribution in [0.1, 0.15) is 11.1 Å². The molecule has 0 atom stereocenters. The SMILES string of the molecule is Cn1cc(Oc2c(C(F)(F)F)cc(F)cc2C(F)(F)F)c(-c2cn(C)c(=O)c3[nH]ccc23)cc1=O. The van der Waals surface area contributed by atoms with E-state index in [1.165, 1.54) is 32.6 Å². The average molecular weight is 501 g/mol. The summed E-state index contributed by atoms with van der Waals surface area (Å²) < 4.78 is 103. The fraction of sp³-hybridized carbons (Fsp3) is 0.182. The normalized spacial score (nSPS) is 12.4. The minimum atomic E-state index is -5.40. The van der Waals surface area contributed by atoms with Gasteiger partial charge in [0.1, 0.15) is 22.5 Å². The van der Waals surface area contributed by atoms with Crippen molar-refractivity contribution < 1.29 is 35.5 Å². The van der Waals surface area contributed by atoms with Gasteiger partial charge in [-0.25, -0.2) is 4.39 Å². The van der Waals surface area contributed by atoms with Gasteiger partial charge in [0, 0.05) is 49.1 Å². The summed E-state index contributed by atoms with van der Waals surface area (Å²) in [6.07, 6.45) is -7.22. The highest BCUT2D eigenvalue weighted by molar-refractivity contribution is 5.95. The Labute approximate surface area is 190 Å². The maximum Gasteiger partial charge on any atom is 0.420 e. The van der Waals surface area contributed by atoms with E-state index in [4.69, 9.17) is 4.74 Å². The number of benzene rings is 1. The van der Waals surface area contributed by atoms with Crippen LogP contribution in [0.2, 0.25) is 0 Å². The van der Waals surface area contributed by atoms with Gasteiger partial charge in [-0.1, -0.05) is 0 Å². The van der Waals surface area contributed by atoms with Gasteiger partial charge in [0.05, 0.1) is 6.20 Å². The fourth-order valence-corrected chi connectivity index (χ4v) is 3.62. The molecule has 4 aromatic rings. The monoisotopic (exact) mass is 501 g/mol. The molecule has 35 heavy (non-hydrogen) atoms. The lowest BCUT2D eigenvalue weighted by Gasteiger charge is -2.21. The highest BCUT2D eigenvalue weighted by Gasteiger charge is 2.43. The molecule has 4 rings (SSSR count). The van der Waals surface area contributed by atoms with Crippen LogP contribution in [-0.4, -0.2) is 14.1 Å². The van der Waals surface area contributed by atoms with Gasteiger partial charge >= 0.3 is 12.4 Å². The van der Waals surface area contributed by atoms with Crippen molar-refractivity contribution in [2.24, 2.45) is 14.1 Å². The molecule has 0 spiro atoms. The van der Waals surface area contributed by atoms with Crippen LogP contribution in [0.15, 0.2) is 52.4 Å². The Hall–Kier alpha value is -4.03. The molecule has 0 bridgehead atoms. The first-order chi connectivity index (χ1) is 16.2. The number of aromatic amines is 1. The van der Waals surface area contributed by atoms with E-state index in [1.807, 2.05) is 0 Å². The predicted octanol–water partition coefficient (Wildman–Crippen LogP) is 5.20. The molecule has 13 heteroatoms. The van der Waals surface area contributed by atoms with Crippen LogP contribution in [0.3, 0.4) is 0 Å². The molecule has 0 aliphatic heterocycles. The fourth-order valence-electron chi connectivity index (χ4n) is 3.62. The Balaban J connectivity index is 2.05. The number of H-pyrrole nitrogens is 1. The van der Waals surface area contributed by atoms with Gasteiger partial charge in [0.2, 0.25) is 0 Å². The Morgan fingerprint density at radius 3 is 2.03 bits per heavy atom. The number of ether oxygens (including phenoxy) is 1. The van der Waals surface area contributed by atoms with Crippen LogP contribution in [0, 0.1) is 5.82 Å². The molecule has 0 saturated heterocycles. The Morgan fingerprint density at radius 1 is 0.857 bits per heavy atom. The van der Waals surface area contributed by atoms with Gasteiger partial charge in [0.15, 0.2) is 11.5 Å². The molecule has 0 unspecified atom stereocenters. The molecular weight excluding hydrogens is 487 g/mol. The number of aromatic nitrogens is 3. The molecule has 3 heterocycles. The van der Waals surface area contributed by atoms with E-state index in [9.17, 15) is 40.3 Å². The first-order valence-corrected chi connectivity index (χ1v) is 9.72. The third-order valence-corrected chi connectivity index (χ3v) is 5.25. The van der Waals surface area contributed by atoms with Crippen LogP contribution in [-0.2, 0) is 26.4 Å². The molecular formula is C22H14F7N3O3. The highest BCUT2D eigenvalue weighted by Crippen LogP contribution is 2.47. The first-order valence-electron chi connectivity index (χ1n) is 9.72. The topological polar surface area (TPSA) is 69.0 Å². The number of aryl methyl sites for hydroxylation is 2. The Kier molecular flexibility index (Phi) is 5.53. The summed E-state index contributed by atoms with van der Waals surface area (Å²) in [5, 5.41) is 0.248. The van der Waals surface area contributed by atoms with Crippen molar-refractivity contribution in [2.45, 2.75) is 12.4 Å². The lowest BCUT2D eigenvalue weighted by atomic mass is 10.0. The molecule has 0 aliphatic carbocycles. The van der Waals surface area contributed by atoms with E-state index in [0.29, 0.717) is 0 Å². The van der Waals surface area contributed by atoms with E-state index in [1.54, 1.807) is 0 Å². The van der Waals surface area contributed by atoms with E-state index < -0.39 is 51.9 Å². The van der Waals surface area contributed by atoms with E-state index in [0.717, 1.165) is 21.4 Å². The quantitative estimate of drug-likeness (QED) is 0.393. The number of hydrogen-bond donors (Lipinski definition) is 1. The number of alkyl halides is 6. The van der Waals surface area contributed by atoms with Gasteiger partial charge < -0.3 is 18.9 Å². The summed E-state index contributed by atoms with van der Waals surface area (Å²) in [5.41, 5.74) is -5.06. The molecule has 0 saturated carbocycles. The van der Waals surface area contributed by atoms with Crippen molar-refractivity contribution in [3.63, 3.8) is 0 Å². The van der Waals surface area contributed by atoms with E-state index in [2.05, 4.69) is 4.98 Å². The van der Waals surface area contributed by atoms with Crippen LogP contribution < -0.4 is 15.9 Å². The first kappa shape index (κ1) is 24.1. The standard InChI is InChI=1S/C22H14F7N3O3/c1-31-9-16(35-19-14(21(24,25)26)5-10(23)6-15(19)22(27,28)29)12(7-17(31)33)13-8-32(2)20(34)18-11(13)3-4-30-18/h3-9,30H,1-2H3. The zero-order valence-electron chi connectivity index (χ0n) is 17.8. The second kappa shape index (κ2) is 8.03. The van der Waals surface area contributed by atoms with Gasteiger partial charge in [-0.3, -0.25) is 9.59 Å². The van der Waals surface area contributed by atoms with Crippen molar-refractivity contribution >= 4 is 10.9 Å². The number of fused-ring (bicyclic) bond motifs is 1. The molecule has 6 nitrogen and oxygen atoms in total. The molecule has 1 N–H and O–H groups in total. The maximum absolute atomic E-state index is 13.8. The highest BCUT2D eigenvalue weighted by atomic mass is 19.4. The number of halogens is 7. The number of hydrogen-bond acceptors (Lipinski definition) is 3. The number of pyridine rings is 2. The number of nitrogens with one attached hydrogen (secondary N) is 1. The van der Waals surface area contributed by atoms with Gasteiger partial charge in [0.25, 0.3) is 11.1 Å². The summed E-state index contributed by atoms with van der Waals surface area (Å²) in [4.78, 5) is 27.4. The molecule has 0 fully saturated rings. The second-order valence-corrected chi connectivity index (χ2v) is 7.65. The Bertz CT molecular complexity index is 1540. The summed E-state index contributed by atoms with van der Waals surface area (Å²) in [7, 11) is 2.59. The van der Waals surface area contributed by atoms with E-state index >= 15 is 0 Å². The second-order valence-electron chi connectivity index (χ2n) is 7.65. The van der Waals surface area contributed by atoms with Crippen LogP contribution in [0.4, 0.5) is 30.7 Å². The van der Waals surface area contributed by atoms with Gasteiger partial charge in [-0.2, -0.15) is 26.3 Å².